The van der Waals surface area contributed by atoms with Gasteiger partial charge in [0, 0.05) is 45.1 Å². The molecule has 0 saturated carbocycles. The lowest BCUT2D eigenvalue weighted by molar-refractivity contribution is 0.0344. The fraction of sp³-hybridized carbons (Fsp3) is 0.615. The number of β-amino-alcohol motifs (C(OH)–C–C–N with tert-alkyl or cyclic N) is 1. The van der Waals surface area contributed by atoms with Crippen LogP contribution in [0.2, 0.25) is 0 Å². The summed E-state index contributed by atoms with van der Waals surface area (Å²) < 4.78 is 0. The van der Waals surface area contributed by atoms with Crippen molar-refractivity contribution in [1.29, 1.82) is 0 Å². The molecular formula is C13H20N4O2. The number of carbonyl (C=O) groups is 1. The molecule has 6 heteroatoms. The van der Waals surface area contributed by atoms with Crippen molar-refractivity contribution >= 4 is 12.2 Å². The van der Waals surface area contributed by atoms with Gasteiger partial charge in [0.1, 0.15) is 0 Å². The molecule has 19 heavy (non-hydrogen) atoms. The van der Waals surface area contributed by atoms with E-state index in [1.165, 1.54) is 0 Å². The van der Waals surface area contributed by atoms with Gasteiger partial charge in [0.05, 0.1) is 11.2 Å². The first-order valence-corrected chi connectivity index (χ1v) is 6.45. The molecule has 0 aliphatic carbocycles. The van der Waals surface area contributed by atoms with E-state index in [2.05, 4.69) is 19.8 Å². The van der Waals surface area contributed by atoms with Crippen molar-refractivity contribution in [3.8, 4) is 0 Å². The van der Waals surface area contributed by atoms with E-state index in [4.69, 9.17) is 0 Å². The van der Waals surface area contributed by atoms with Crippen LogP contribution in [0.5, 0.6) is 0 Å². The largest absolute Gasteiger partial charge is 0.389 e. The maximum atomic E-state index is 10.5. The van der Waals surface area contributed by atoms with E-state index in [1.54, 1.807) is 12.4 Å². The highest BCUT2D eigenvalue weighted by molar-refractivity contribution is 5.73. The fourth-order valence-corrected chi connectivity index (χ4v) is 2.21. The fourth-order valence-electron chi connectivity index (χ4n) is 2.21. The summed E-state index contributed by atoms with van der Waals surface area (Å²) >= 11 is 0. The standard InChI is InChI=1S/C13H20N4O2/c1-13(2,19)10-16-3-5-17(6-4-16)12-14-7-11(9-18)8-15-12/h7-9,19H,3-6,10H2,1-2H3. The molecule has 0 aromatic carbocycles. The van der Waals surface area contributed by atoms with Crippen LogP contribution in [-0.2, 0) is 0 Å². The second-order valence-electron chi connectivity index (χ2n) is 5.51. The molecule has 1 saturated heterocycles. The summed E-state index contributed by atoms with van der Waals surface area (Å²) in [5.41, 5.74) is -0.172. The lowest BCUT2D eigenvalue weighted by Crippen LogP contribution is -2.50. The number of hydrogen-bond acceptors (Lipinski definition) is 6. The summed E-state index contributed by atoms with van der Waals surface area (Å²) in [5, 5.41) is 9.80. The second kappa shape index (κ2) is 5.63. The maximum absolute atomic E-state index is 10.5. The van der Waals surface area contributed by atoms with E-state index >= 15 is 0 Å². The van der Waals surface area contributed by atoms with Crippen LogP contribution in [0.15, 0.2) is 12.4 Å². The Labute approximate surface area is 113 Å². The minimum Gasteiger partial charge on any atom is -0.389 e. The molecule has 2 rings (SSSR count). The summed E-state index contributed by atoms with van der Waals surface area (Å²) in [6.07, 6.45) is 3.82. The molecule has 104 valence electrons. The van der Waals surface area contributed by atoms with Gasteiger partial charge in [0.2, 0.25) is 5.95 Å². The van der Waals surface area contributed by atoms with Crippen molar-refractivity contribution in [2.24, 2.45) is 0 Å². The minimum atomic E-state index is -0.662. The minimum absolute atomic E-state index is 0.490. The molecule has 1 aromatic rings. The lowest BCUT2D eigenvalue weighted by atomic mass is 10.1. The Kier molecular flexibility index (Phi) is 4.11. The highest BCUT2D eigenvalue weighted by Gasteiger charge is 2.23. The Balaban J connectivity index is 1.90. The average molecular weight is 264 g/mol. The van der Waals surface area contributed by atoms with Gasteiger partial charge in [-0.15, -0.1) is 0 Å². The molecule has 0 spiro atoms. The smallest absolute Gasteiger partial charge is 0.225 e. The average Bonchev–Trinajstić information content (AvgIpc) is 2.38. The number of piperazine rings is 1. The normalized spacial score (nSPS) is 17.5. The zero-order valence-electron chi connectivity index (χ0n) is 11.4. The molecule has 6 nitrogen and oxygen atoms in total. The third-order valence-corrected chi connectivity index (χ3v) is 3.06. The summed E-state index contributed by atoms with van der Waals surface area (Å²) in [7, 11) is 0. The van der Waals surface area contributed by atoms with Crippen LogP contribution < -0.4 is 4.90 Å². The van der Waals surface area contributed by atoms with E-state index in [1.807, 2.05) is 13.8 Å². The van der Waals surface area contributed by atoms with Crippen molar-refractivity contribution in [2.45, 2.75) is 19.4 Å². The lowest BCUT2D eigenvalue weighted by Gasteiger charge is -2.37. The Morgan fingerprint density at radius 3 is 2.32 bits per heavy atom. The van der Waals surface area contributed by atoms with Gasteiger partial charge in [-0.05, 0) is 13.8 Å². The Hall–Kier alpha value is -1.53. The number of rotatable bonds is 4. The predicted molar refractivity (Wildman–Crippen MR) is 72.4 cm³/mol. The molecule has 1 aliphatic rings. The van der Waals surface area contributed by atoms with E-state index in [0.29, 0.717) is 18.1 Å². The van der Waals surface area contributed by atoms with E-state index in [0.717, 1.165) is 32.5 Å². The van der Waals surface area contributed by atoms with E-state index in [9.17, 15) is 9.90 Å². The molecule has 1 fully saturated rings. The maximum Gasteiger partial charge on any atom is 0.225 e. The van der Waals surface area contributed by atoms with Crippen molar-refractivity contribution < 1.29 is 9.90 Å². The molecule has 0 atom stereocenters. The number of nitrogens with zero attached hydrogens (tertiary/aromatic N) is 4. The van der Waals surface area contributed by atoms with Crippen LogP contribution in [-0.4, -0.2) is 64.6 Å². The van der Waals surface area contributed by atoms with Crippen molar-refractivity contribution in [2.75, 3.05) is 37.6 Å². The van der Waals surface area contributed by atoms with Gasteiger partial charge in [-0.2, -0.15) is 0 Å². The second-order valence-corrected chi connectivity index (χ2v) is 5.51. The molecule has 1 aliphatic heterocycles. The Morgan fingerprint density at radius 1 is 1.26 bits per heavy atom. The van der Waals surface area contributed by atoms with Crippen LogP contribution in [0.25, 0.3) is 0 Å². The van der Waals surface area contributed by atoms with Gasteiger partial charge in [-0.1, -0.05) is 0 Å². The zero-order chi connectivity index (χ0) is 13.9. The highest BCUT2D eigenvalue weighted by atomic mass is 16.3. The summed E-state index contributed by atoms with van der Waals surface area (Å²) in [5.74, 6) is 0.661. The van der Waals surface area contributed by atoms with Gasteiger partial charge >= 0.3 is 0 Å². The van der Waals surface area contributed by atoms with Gasteiger partial charge in [-0.25, -0.2) is 9.97 Å². The predicted octanol–water partition coefficient (Wildman–Crippen LogP) is 0.182. The molecule has 0 radical (unpaired) electrons. The number of hydrogen-bond donors (Lipinski definition) is 1. The number of carbonyl (C=O) groups excluding carboxylic acids is 1. The number of aliphatic hydroxyl groups is 1. The summed E-state index contributed by atoms with van der Waals surface area (Å²) in [4.78, 5) is 23.2. The van der Waals surface area contributed by atoms with Crippen molar-refractivity contribution in [3.05, 3.63) is 18.0 Å². The third kappa shape index (κ3) is 3.97. The summed E-state index contributed by atoms with van der Waals surface area (Å²) in [6, 6.07) is 0. The first-order chi connectivity index (χ1) is 8.98. The van der Waals surface area contributed by atoms with Gasteiger partial charge in [-0.3, -0.25) is 9.69 Å². The molecule has 1 N–H and O–H groups in total. The van der Waals surface area contributed by atoms with Crippen molar-refractivity contribution in [1.82, 2.24) is 14.9 Å². The van der Waals surface area contributed by atoms with Gasteiger partial charge in [0.25, 0.3) is 0 Å². The molecule has 0 unspecified atom stereocenters. The molecular weight excluding hydrogens is 244 g/mol. The third-order valence-electron chi connectivity index (χ3n) is 3.06. The molecule has 1 aromatic heterocycles. The molecule has 2 heterocycles. The van der Waals surface area contributed by atoms with E-state index in [-0.39, 0.29) is 0 Å². The van der Waals surface area contributed by atoms with E-state index < -0.39 is 5.60 Å². The van der Waals surface area contributed by atoms with Crippen molar-refractivity contribution in [3.63, 3.8) is 0 Å². The van der Waals surface area contributed by atoms with Crippen LogP contribution in [0.1, 0.15) is 24.2 Å². The quantitative estimate of drug-likeness (QED) is 0.783. The first-order valence-electron chi connectivity index (χ1n) is 6.45. The first kappa shape index (κ1) is 13.9. The topological polar surface area (TPSA) is 69.6 Å². The SMILES string of the molecule is CC(C)(O)CN1CCN(c2ncc(C=O)cn2)CC1. The van der Waals surface area contributed by atoms with Crippen LogP contribution in [0, 0.1) is 0 Å². The van der Waals surface area contributed by atoms with Crippen LogP contribution in [0.4, 0.5) is 5.95 Å². The van der Waals surface area contributed by atoms with Gasteiger partial charge < -0.3 is 10.0 Å². The molecule has 0 bridgehead atoms. The Morgan fingerprint density at radius 2 is 1.84 bits per heavy atom. The monoisotopic (exact) mass is 264 g/mol. The Bertz CT molecular complexity index is 419. The zero-order valence-corrected chi connectivity index (χ0v) is 11.4. The number of aromatic nitrogens is 2. The van der Waals surface area contributed by atoms with Crippen LogP contribution >= 0.6 is 0 Å². The summed E-state index contributed by atoms with van der Waals surface area (Å²) in [6.45, 7) is 7.73. The van der Waals surface area contributed by atoms with Crippen LogP contribution in [0.3, 0.4) is 0 Å². The molecule has 0 amide bonds. The number of aldehydes is 1. The highest BCUT2D eigenvalue weighted by Crippen LogP contribution is 2.12. The number of anilines is 1. The van der Waals surface area contributed by atoms with Gasteiger partial charge in [0.15, 0.2) is 6.29 Å².